The van der Waals surface area contributed by atoms with Crippen LogP contribution in [-0.2, 0) is 9.53 Å². The van der Waals surface area contributed by atoms with Crippen molar-refractivity contribution in [3.05, 3.63) is 41.5 Å². The Morgan fingerprint density at radius 1 is 1.38 bits per heavy atom. The van der Waals surface area contributed by atoms with Crippen LogP contribution in [0.2, 0.25) is 0 Å². The zero-order chi connectivity index (χ0) is 12.0. The number of allylic oxidation sites excluding steroid dienone is 1. The van der Waals surface area contributed by atoms with Crippen LogP contribution in [0.15, 0.2) is 35.9 Å². The second-order valence-electron chi connectivity index (χ2n) is 3.20. The van der Waals surface area contributed by atoms with E-state index < -0.39 is 5.97 Å². The summed E-state index contributed by atoms with van der Waals surface area (Å²) in [6.45, 7) is 3.65. The van der Waals surface area contributed by atoms with E-state index in [1.54, 1.807) is 26.0 Å². The van der Waals surface area contributed by atoms with Crippen molar-refractivity contribution in [2.75, 3.05) is 6.61 Å². The van der Waals surface area contributed by atoms with Crippen LogP contribution in [0.3, 0.4) is 0 Å². The van der Waals surface area contributed by atoms with Crippen LogP contribution in [0.1, 0.15) is 19.4 Å². The average Bonchev–Trinajstić information content (AvgIpc) is 2.31. The maximum absolute atomic E-state index is 11.5. The van der Waals surface area contributed by atoms with E-state index in [1.165, 1.54) is 0 Å². The van der Waals surface area contributed by atoms with Gasteiger partial charge in [0, 0.05) is 0 Å². The molecular weight excluding hydrogens is 202 g/mol. The van der Waals surface area contributed by atoms with Gasteiger partial charge in [0.05, 0.1) is 17.8 Å². The van der Waals surface area contributed by atoms with Gasteiger partial charge in [0.2, 0.25) is 0 Å². The quantitative estimate of drug-likeness (QED) is 0.442. The molecule has 0 spiro atoms. The van der Waals surface area contributed by atoms with Crippen molar-refractivity contribution >= 4 is 11.5 Å². The summed E-state index contributed by atoms with van der Waals surface area (Å²) >= 11 is 0. The normalized spacial score (nSPS) is 11.3. The van der Waals surface area contributed by atoms with Gasteiger partial charge in [0.1, 0.15) is 6.07 Å². The van der Waals surface area contributed by atoms with Crippen molar-refractivity contribution in [1.82, 2.24) is 0 Å². The molecule has 16 heavy (non-hydrogen) atoms. The molecule has 0 bridgehead atoms. The molecule has 3 nitrogen and oxygen atoms in total. The first-order valence-corrected chi connectivity index (χ1v) is 5.04. The van der Waals surface area contributed by atoms with Gasteiger partial charge in [-0.15, -0.1) is 0 Å². The van der Waals surface area contributed by atoms with Crippen molar-refractivity contribution in [3.8, 4) is 6.07 Å². The zero-order valence-corrected chi connectivity index (χ0v) is 9.36. The molecule has 0 saturated heterocycles. The van der Waals surface area contributed by atoms with Crippen molar-refractivity contribution < 1.29 is 9.53 Å². The Balaban J connectivity index is 3.12. The number of benzene rings is 1. The first-order valence-electron chi connectivity index (χ1n) is 5.04. The lowest BCUT2D eigenvalue weighted by Crippen LogP contribution is -2.07. The third kappa shape index (κ3) is 2.71. The smallest absolute Gasteiger partial charge is 0.335 e. The fourth-order valence-corrected chi connectivity index (χ4v) is 1.31. The first-order chi connectivity index (χ1) is 7.70. The Kier molecular flexibility index (Phi) is 4.28. The number of hydrogen-bond acceptors (Lipinski definition) is 3. The lowest BCUT2D eigenvalue weighted by molar-refractivity contribution is -0.138. The largest absolute Gasteiger partial charge is 0.463 e. The van der Waals surface area contributed by atoms with Crippen LogP contribution in [0.25, 0.3) is 5.57 Å². The van der Waals surface area contributed by atoms with Crippen LogP contribution in [-0.4, -0.2) is 12.6 Å². The molecule has 0 atom stereocenters. The number of hydrogen-bond donors (Lipinski definition) is 0. The van der Waals surface area contributed by atoms with Gasteiger partial charge in [0.15, 0.2) is 0 Å². The van der Waals surface area contributed by atoms with Gasteiger partial charge in [-0.2, -0.15) is 5.26 Å². The Morgan fingerprint density at radius 2 is 2.00 bits per heavy atom. The van der Waals surface area contributed by atoms with E-state index in [0.29, 0.717) is 17.8 Å². The van der Waals surface area contributed by atoms with Crippen LogP contribution >= 0.6 is 0 Å². The molecule has 1 rings (SSSR count). The fraction of sp³-hybridized carbons (Fsp3) is 0.231. The van der Waals surface area contributed by atoms with Crippen LogP contribution < -0.4 is 0 Å². The fourth-order valence-electron chi connectivity index (χ4n) is 1.31. The highest BCUT2D eigenvalue weighted by molar-refractivity contribution is 6.00. The predicted molar refractivity (Wildman–Crippen MR) is 61.3 cm³/mol. The van der Waals surface area contributed by atoms with Gasteiger partial charge >= 0.3 is 5.97 Å². The third-order valence-electron chi connectivity index (χ3n) is 2.13. The van der Waals surface area contributed by atoms with Gasteiger partial charge in [-0.25, -0.2) is 4.79 Å². The summed E-state index contributed by atoms with van der Waals surface area (Å²) in [4.78, 5) is 11.5. The summed E-state index contributed by atoms with van der Waals surface area (Å²) in [5.74, 6) is -0.442. The number of rotatable bonds is 3. The Hall–Kier alpha value is -2.08. The van der Waals surface area contributed by atoms with E-state index in [2.05, 4.69) is 0 Å². The van der Waals surface area contributed by atoms with Crippen molar-refractivity contribution in [1.29, 1.82) is 5.26 Å². The minimum Gasteiger partial charge on any atom is -0.463 e. The van der Waals surface area contributed by atoms with Crippen LogP contribution in [0, 0.1) is 11.3 Å². The third-order valence-corrected chi connectivity index (χ3v) is 2.13. The zero-order valence-electron chi connectivity index (χ0n) is 9.36. The lowest BCUT2D eigenvalue weighted by Gasteiger charge is -2.05. The summed E-state index contributed by atoms with van der Waals surface area (Å²) in [6.07, 6.45) is 0. The molecule has 0 N–H and O–H groups in total. The molecule has 0 saturated carbocycles. The molecule has 0 unspecified atom stereocenters. The van der Waals surface area contributed by atoms with E-state index in [9.17, 15) is 4.79 Å². The highest BCUT2D eigenvalue weighted by Gasteiger charge is 2.12. The van der Waals surface area contributed by atoms with Crippen molar-refractivity contribution in [3.63, 3.8) is 0 Å². The van der Waals surface area contributed by atoms with Crippen LogP contribution in [0.4, 0.5) is 0 Å². The molecule has 0 radical (unpaired) electrons. The highest BCUT2D eigenvalue weighted by Crippen LogP contribution is 2.18. The standard InChI is InChI=1S/C13H13NO2/c1-3-16-13(15)10(2)12(9-14)11-7-5-4-6-8-11/h4-8H,3H2,1-2H3/b12-10-. The molecule has 0 aliphatic heterocycles. The van der Waals surface area contributed by atoms with Crippen molar-refractivity contribution in [2.45, 2.75) is 13.8 Å². The van der Waals surface area contributed by atoms with Crippen LogP contribution in [0.5, 0.6) is 0 Å². The Bertz CT molecular complexity index is 441. The summed E-state index contributed by atoms with van der Waals surface area (Å²) in [7, 11) is 0. The molecule has 0 amide bonds. The molecule has 0 heterocycles. The second-order valence-corrected chi connectivity index (χ2v) is 3.20. The van der Waals surface area contributed by atoms with E-state index in [4.69, 9.17) is 10.00 Å². The Labute approximate surface area is 95.0 Å². The molecule has 82 valence electrons. The molecule has 0 aromatic heterocycles. The average molecular weight is 215 g/mol. The number of ether oxygens (including phenoxy) is 1. The van der Waals surface area contributed by atoms with Crippen molar-refractivity contribution in [2.24, 2.45) is 0 Å². The highest BCUT2D eigenvalue weighted by atomic mass is 16.5. The molecule has 0 aliphatic rings. The monoisotopic (exact) mass is 215 g/mol. The van der Waals surface area contributed by atoms with E-state index >= 15 is 0 Å². The van der Waals surface area contributed by atoms with E-state index in [-0.39, 0.29) is 0 Å². The van der Waals surface area contributed by atoms with Gasteiger partial charge in [-0.3, -0.25) is 0 Å². The first kappa shape index (κ1) is 12.0. The number of carbonyl (C=O) groups is 1. The second kappa shape index (κ2) is 5.72. The number of nitrogens with zero attached hydrogens (tertiary/aromatic N) is 1. The van der Waals surface area contributed by atoms with E-state index in [1.807, 2.05) is 24.3 Å². The molecule has 0 aliphatic carbocycles. The Morgan fingerprint density at radius 3 is 2.50 bits per heavy atom. The molecule has 0 fully saturated rings. The molecule has 1 aromatic rings. The molecular formula is C13H13NO2. The molecule has 3 heteroatoms. The van der Waals surface area contributed by atoms with Gasteiger partial charge in [0.25, 0.3) is 0 Å². The number of carbonyl (C=O) groups excluding carboxylic acids is 1. The topological polar surface area (TPSA) is 50.1 Å². The number of esters is 1. The summed E-state index contributed by atoms with van der Waals surface area (Å²) in [5, 5.41) is 9.05. The molecule has 1 aromatic carbocycles. The maximum Gasteiger partial charge on any atom is 0.335 e. The lowest BCUT2D eigenvalue weighted by atomic mass is 10.0. The minimum absolute atomic E-state index is 0.309. The summed E-state index contributed by atoms with van der Waals surface area (Å²) in [6, 6.07) is 11.1. The summed E-state index contributed by atoms with van der Waals surface area (Å²) < 4.78 is 4.86. The maximum atomic E-state index is 11.5. The van der Waals surface area contributed by atoms with Gasteiger partial charge in [-0.05, 0) is 19.4 Å². The van der Waals surface area contributed by atoms with Gasteiger partial charge in [-0.1, -0.05) is 30.3 Å². The van der Waals surface area contributed by atoms with Gasteiger partial charge < -0.3 is 4.74 Å². The predicted octanol–water partition coefficient (Wildman–Crippen LogP) is 2.55. The summed E-state index contributed by atoms with van der Waals surface area (Å²) in [5.41, 5.74) is 1.44. The SMILES string of the molecule is CCOC(=O)/C(C)=C(/C#N)c1ccccc1. The number of nitriles is 1. The van der Waals surface area contributed by atoms with E-state index in [0.717, 1.165) is 5.56 Å². The minimum atomic E-state index is -0.442.